The third-order valence-corrected chi connectivity index (χ3v) is 4.88. The zero-order valence-electron chi connectivity index (χ0n) is 7.90. The van der Waals surface area contributed by atoms with Crippen LogP contribution in [0.5, 0.6) is 5.75 Å². The van der Waals surface area contributed by atoms with E-state index in [-0.39, 0.29) is 10.6 Å². The number of benzene rings is 1. The molecule has 0 aliphatic heterocycles. The Kier molecular flexibility index (Phi) is 4.54. The molecule has 0 atom stereocenters. The summed E-state index contributed by atoms with van der Waals surface area (Å²) in [7, 11) is -4.26. The molecule has 88 valence electrons. The molecule has 1 aromatic rings. The second kappa shape index (κ2) is 5.14. The van der Waals surface area contributed by atoms with Crippen molar-refractivity contribution in [1.29, 1.82) is 0 Å². The molecule has 0 saturated carbocycles. The molecular weight excluding hydrogens is 462 g/mol. The summed E-state index contributed by atoms with van der Waals surface area (Å²) in [4.78, 5) is 10.5. The smallest absolute Gasteiger partial charge is 0.308 e. The minimum absolute atomic E-state index is 0.176. The number of hydrogen-bond donors (Lipinski definition) is 1. The van der Waals surface area contributed by atoms with Crippen molar-refractivity contribution < 1.29 is 22.5 Å². The van der Waals surface area contributed by atoms with E-state index >= 15 is 0 Å². The largest absolute Gasteiger partial charge is 0.427 e. The molecule has 0 aliphatic carbocycles. The maximum atomic E-state index is 11.0. The van der Waals surface area contributed by atoms with Gasteiger partial charge < -0.3 is 4.74 Å². The minimum atomic E-state index is -4.26. The Hall–Kier alpha value is 0.0600. The van der Waals surface area contributed by atoms with E-state index in [2.05, 4.69) is 0 Å². The molecule has 1 N–H and O–H groups in total. The summed E-state index contributed by atoms with van der Waals surface area (Å²) in [6.07, 6.45) is 0. The van der Waals surface area contributed by atoms with Gasteiger partial charge >= 0.3 is 5.97 Å². The van der Waals surface area contributed by atoms with Crippen molar-refractivity contribution in [2.45, 2.75) is 11.8 Å². The van der Waals surface area contributed by atoms with E-state index < -0.39 is 16.1 Å². The highest BCUT2D eigenvalue weighted by Crippen LogP contribution is 2.29. The van der Waals surface area contributed by atoms with Gasteiger partial charge in [-0.2, -0.15) is 8.42 Å². The lowest BCUT2D eigenvalue weighted by Gasteiger charge is -2.07. The maximum absolute atomic E-state index is 11.0. The molecule has 8 heteroatoms. The van der Waals surface area contributed by atoms with E-state index in [1.165, 1.54) is 19.1 Å². The fraction of sp³-hybridized carbons (Fsp3) is 0.125. The van der Waals surface area contributed by atoms with Crippen LogP contribution in [0, 0.1) is 7.14 Å². The van der Waals surface area contributed by atoms with Crippen LogP contribution in [-0.2, 0) is 14.9 Å². The van der Waals surface area contributed by atoms with Crippen molar-refractivity contribution in [3.05, 3.63) is 19.3 Å². The summed E-state index contributed by atoms with van der Waals surface area (Å²) < 4.78 is 36.5. The van der Waals surface area contributed by atoms with Crippen molar-refractivity contribution in [1.82, 2.24) is 0 Å². The van der Waals surface area contributed by atoms with Crippen molar-refractivity contribution in [3.8, 4) is 5.75 Å². The molecule has 0 bridgehead atoms. The third-order valence-electron chi connectivity index (χ3n) is 1.49. The van der Waals surface area contributed by atoms with Gasteiger partial charge in [0.1, 0.15) is 10.6 Å². The van der Waals surface area contributed by atoms with Crippen molar-refractivity contribution in [3.63, 3.8) is 0 Å². The lowest BCUT2D eigenvalue weighted by molar-refractivity contribution is -0.131. The van der Waals surface area contributed by atoms with Gasteiger partial charge in [0, 0.05) is 14.1 Å². The second-order valence-corrected chi connectivity index (χ2v) is 6.47. The van der Waals surface area contributed by atoms with Crippen LogP contribution in [-0.4, -0.2) is 18.9 Å². The van der Waals surface area contributed by atoms with Crippen LogP contribution in [0.3, 0.4) is 0 Å². The van der Waals surface area contributed by atoms with Crippen LogP contribution in [0.4, 0.5) is 0 Å². The first-order valence-corrected chi connectivity index (χ1v) is 7.46. The monoisotopic (exact) mass is 468 g/mol. The Morgan fingerprint density at radius 1 is 1.31 bits per heavy atom. The van der Waals surface area contributed by atoms with E-state index in [0.29, 0.717) is 7.14 Å². The lowest BCUT2D eigenvalue weighted by Crippen LogP contribution is -2.06. The number of halogens is 2. The molecule has 0 spiro atoms. The van der Waals surface area contributed by atoms with Gasteiger partial charge in [-0.05, 0) is 57.3 Å². The fourth-order valence-electron chi connectivity index (χ4n) is 1.01. The van der Waals surface area contributed by atoms with Gasteiger partial charge in [0.25, 0.3) is 10.1 Å². The maximum Gasteiger partial charge on any atom is 0.308 e. The van der Waals surface area contributed by atoms with Crippen LogP contribution in [0.15, 0.2) is 17.0 Å². The van der Waals surface area contributed by atoms with E-state index in [4.69, 9.17) is 9.29 Å². The van der Waals surface area contributed by atoms with Crippen molar-refractivity contribution in [2.24, 2.45) is 0 Å². The Bertz CT molecular complexity index is 514. The first kappa shape index (κ1) is 14.1. The number of hydrogen-bond acceptors (Lipinski definition) is 4. The summed E-state index contributed by atoms with van der Waals surface area (Å²) in [5.41, 5.74) is 0. The summed E-state index contributed by atoms with van der Waals surface area (Å²) in [5, 5.41) is 0. The minimum Gasteiger partial charge on any atom is -0.427 e. The van der Waals surface area contributed by atoms with Crippen LogP contribution < -0.4 is 4.74 Å². The molecule has 5 nitrogen and oxygen atoms in total. The van der Waals surface area contributed by atoms with Crippen LogP contribution >= 0.6 is 45.2 Å². The standard InChI is InChI=1S/C8H6I2O5S/c1-4(11)15-5-2-6(9)8(7(10)3-5)16(12,13)14/h2-3H,1H3,(H,12,13,14). The molecule has 0 aromatic heterocycles. The predicted molar refractivity (Wildman–Crippen MR) is 73.0 cm³/mol. The van der Waals surface area contributed by atoms with Crippen LogP contribution in [0.2, 0.25) is 0 Å². The van der Waals surface area contributed by atoms with Crippen LogP contribution in [0.25, 0.3) is 0 Å². The van der Waals surface area contributed by atoms with Gasteiger partial charge in [-0.25, -0.2) is 0 Å². The number of rotatable bonds is 2. The highest BCUT2D eigenvalue weighted by Gasteiger charge is 2.19. The molecule has 1 rings (SSSR count). The molecule has 0 fully saturated rings. The Morgan fingerprint density at radius 3 is 2.06 bits per heavy atom. The number of ether oxygens (including phenoxy) is 1. The quantitative estimate of drug-likeness (QED) is 0.312. The first-order chi connectivity index (χ1) is 7.21. The van der Waals surface area contributed by atoms with Gasteiger partial charge in [-0.3, -0.25) is 9.35 Å². The van der Waals surface area contributed by atoms with Gasteiger partial charge in [0.2, 0.25) is 0 Å². The van der Waals surface area contributed by atoms with Crippen LogP contribution in [0.1, 0.15) is 6.92 Å². The van der Waals surface area contributed by atoms with E-state index in [0.717, 1.165) is 0 Å². The van der Waals surface area contributed by atoms with E-state index in [9.17, 15) is 13.2 Å². The number of carbonyl (C=O) groups is 1. The lowest BCUT2D eigenvalue weighted by atomic mass is 10.3. The summed E-state index contributed by atoms with van der Waals surface area (Å²) >= 11 is 3.50. The molecule has 0 saturated heterocycles. The number of carbonyl (C=O) groups excluding carboxylic acids is 1. The Labute approximate surface area is 120 Å². The molecule has 0 aliphatic rings. The van der Waals surface area contributed by atoms with Gasteiger partial charge in [-0.15, -0.1) is 0 Å². The molecule has 16 heavy (non-hydrogen) atoms. The summed E-state index contributed by atoms with van der Waals surface area (Å²) in [6.45, 7) is 1.25. The zero-order chi connectivity index (χ0) is 12.5. The zero-order valence-corrected chi connectivity index (χ0v) is 13.0. The van der Waals surface area contributed by atoms with Gasteiger partial charge in [0.05, 0.1) is 0 Å². The van der Waals surface area contributed by atoms with E-state index in [1.807, 2.05) is 0 Å². The second-order valence-electron chi connectivity index (χ2n) is 2.78. The summed E-state index contributed by atoms with van der Waals surface area (Å²) in [5.74, 6) is -0.250. The van der Waals surface area contributed by atoms with E-state index in [1.54, 1.807) is 45.2 Å². The third kappa shape index (κ3) is 3.53. The SMILES string of the molecule is CC(=O)Oc1cc(I)c(S(=O)(=O)O)c(I)c1. The van der Waals surface area contributed by atoms with Gasteiger partial charge in [0.15, 0.2) is 0 Å². The highest BCUT2D eigenvalue weighted by molar-refractivity contribution is 14.1. The average molecular weight is 468 g/mol. The Balaban J connectivity index is 3.34. The molecule has 0 amide bonds. The molecule has 0 heterocycles. The molecule has 0 radical (unpaired) electrons. The number of esters is 1. The van der Waals surface area contributed by atoms with Gasteiger partial charge in [-0.1, -0.05) is 0 Å². The summed E-state index contributed by atoms with van der Waals surface area (Å²) in [6, 6.07) is 2.74. The van der Waals surface area contributed by atoms with Crippen molar-refractivity contribution >= 4 is 61.3 Å². The molecule has 0 unspecified atom stereocenters. The predicted octanol–water partition coefficient (Wildman–Crippen LogP) is 2.07. The normalized spacial score (nSPS) is 11.2. The molecular formula is C8H6I2O5S. The highest BCUT2D eigenvalue weighted by atomic mass is 127. The first-order valence-electron chi connectivity index (χ1n) is 3.87. The Morgan fingerprint density at radius 2 is 1.75 bits per heavy atom. The average Bonchev–Trinajstić information content (AvgIpc) is 1.96. The van der Waals surface area contributed by atoms with Crippen molar-refractivity contribution in [2.75, 3.05) is 0 Å². The topological polar surface area (TPSA) is 80.7 Å². The molecule has 1 aromatic carbocycles. The fourth-order valence-corrected chi connectivity index (χ4v) is 5.00.